The van der Waals surface area contributed by atoms with E-state index in [0.717, 1.165) is 16.0 Å². The van der Waals surface area contributed by atoms with Crippen LogP contribution in [0.4, 0.5) is 0 Å². The second-order valence-corrected chi connectivity index (χ2v) is 8.81. The molecular weight excluding hydrogens is 388 g/mol. The Kier molecular flexibility index (Phi) is 11.4. The van der Waals surface area contributed by atoms with Crippen molar-refractivity contribution in [3.05, 3.63) is 42.5 Å². The van der Waals surface area contributed by atoms with Crippen LogP contribution < -0.4 is 5.19 Å². The van der Waals surface area contributed by atoms with Gasteiger partial charge in [-0.05, 0) is 37.6 Å². The van der Waals surface area contributed by atoms with Gasteiger partial charge in [0.2, 0.25) is 0 Å². The Morgan fingerprint density at radius 1 is 0.586 bits per heavy atom. The normalized spacial score (nSPS) is 12.0. The average Bonchev–Trinajstić information content (AvgIpc) is 2.76. The zero-order valence-electron chi connectivity index (χ0n) is 17.9. The fourth-order valence-electron chi connectivity index (χ4n) is 2.89. The van der Waals surface area contributed by atoms with E-state index < -0.39 is 8.80 Å². The van der Waals surface area contributed by atoms with Crippen LogP contribution in [0.5, 0.6) is 0 Å². The molecule has 0 radical (unpaired) electrons. The van der Waals surface area contributed by atoms with Crippen molar-refractivity contribution in [1.82, 2.24) is 0 Å². The lowest BCUT2D eigenvalue weighted by Crippen LogP contribution is -2.58. The molecular formula is C22H34O6Si. The summed E-state index contributed by atoms with van der Waals surface area (Å²) in [5, 5.41) is 3.22. The quantitative estimate of drug-likeness (QED) is 0.306. The molecule has 0 unspecified atom stereocenters. The highest BCUT2D eigenvalue weighted by molar-refractivity contribution is 6.75. The van der Waals surface area contributed by atoms with Gasteiger partial charge in [0.1, 0.15) is 0 Å². The first-order valence-corrected chi connectivity index (χ1v) is 12.1. The number of benzene rings is 2. The molecule has 2 aromatic rings. The van der Waals surface area contributed by atoms with Crippen LogP contribution in [0.1, 0.15) is 20.8 Å². The summed E-state index contributed by atoms with van der Waals surface area (Å²) in [4.78, 5) is 0. The number of hydrogen-bond donors (Lipinski definition) is 0. The molecule has 2 aromatic carbocycles. The Morgan fingerprint density at radius 3 is 1.55 bits per heavy atom. The Hall–Kier alpha value is -1.32. The fraction of sp³-hybridized carbons (Fsp3) is 0.545. The van der Waals surface area contributed by atoms with E-state index in [9.17, 15) is 0 Å². The summed E-state index contributed by atoms with van der Waals surface area (Å²) in [5.74, 6) is 0. The van der Waals surface area contributed by atoms with Crippen molar-refractivity contribution in [2.24, 2.45) is 0 Å². The van der Waals surface area contributed by atoms with Crippen molar-refractivity contribution < 1.29 is 27.5 Å². The molecule has 29 heavy (non-hydrogen) atoms. The molecule has 0 saturated heterocycles. The van der Waals surface area contributed by atoms with Gasteiger partial charge in [0.05, 0.1) is 39.6 Å². The largest absolute Gasteiger partial charge is 0.537 e. The summed E-state index contributed by atoms with van der Waals surface area (Å²) in [6.45, 7) is 10.5. The van der Waals surface area contributed by atoms with Crippen LogP contribution in [0, 0.1) is 0 Å². The Balaban J connectivity index is 2.27. The zero-order valence-corrected chi connectivity index (χ0v) is 18.9. The van der Waals surface area contributed by atoms with E-state index in [1.165, 1.54) is 0 Å². The van der Waals surface area contributed by atoms with E-state index in [-0.39, 0.29) is 0 Å². The summed E-state index contributed by atoms with van der Waals surface area (Å²) in [5.41, 5.74) is 0. The van der Waals surface area contributed by atoms with Crippen LogP contribution >= 0.6 is 0 Å². The smallest absolute Gasteiger partial charge is 0.379 e. The first-order chi connectivity index (χ1) is 14.3. The van der Waals surface area contributed by atoms with E-state index in [0.29, 0.717) is 59.5 Å². The second-order valence-electron chi connectivity index (χ2n) is 6.25. The van der Waals surface area contributed by atoms with Crippen molar-refractivity contribution in [1.29, 1.82) is 0 Å². The van der Waals surface area contributed by atoms with Crippen LogP contribution in [-0.4, -0.2) is 68.3 Å². The van der Waals surface area contributed by atoms with Gasteiger partial charge in [-0.15, -0.1) is 0 Å². The Morgan fingerprint density at radius 2 is 1.07 bits per heavy atom. The highest BCUT2D eigenvalue weighted by Gasteiger charge is 2.44. The molecule has 6 nitrogen and oxygen atoms in total. The number of ether oxygens (including phenoxy) is 3. The lowest BCUT2D eigenvalue weighted by Gasteiger charge is -2.30. The van der Waals surface area contributed by atoms with Crippen LogP contribution in [0.2, 0.25) is 0 Å². The van der Waals surface area contributed by atoms with Gasteiger partial charge < -0.3 is 27.5 Å². The molecule has 0 amide bonds. The van der Waals surface area contributed by atoms with Gasteiger partial charge in [-0.1, -0.05) is 36.4 Å². The van der Waals surface area contributed by atoms with Crippen molar-refractivity contribution >= 4 is 24.8 Å². The summed E-state index contributed by atoms with van der Waals surface area (Å²) >= 11 is 0. The molecule has 0 spiro atoms. The lowest BCUT2D eigenvalue weighted by molar-refractivity contribution is 0.0120. The SMILES string of the molecule is CCOCCO[Si](OCCOCC)(OCCOCC)c1ccc2ccccc2c1. The maximum atomic E-state index is 6.29. The predicted octanol–water partition coefficient (Wildman–Crippen LogP) is 3.15. The van der Waals surface area contributed by atoms with Gasteiger partial charge in [-0.3, -0.25) is 0 Å². The predicted molar refractivity (Wildman–Crippen MR) is 117 cm³/mol. The first kappa shape index (κ1) is 24.0. The van der Waals surface area contributed by atoms with E-state index in [1.54, 1.807) is 0 Å². The van der Waals surface area contributed by atoms with Gasteiger partial charge in [0, 0.05) is 25.0 Å². The van der Waals surface area contributed by atoms with Crippen molar-refractivity contribution in [2.45, 2.75) is 20.8 Å². The molecule has 7 heteroatoms. The van der Waals surface area contributed by atoms with E-state index in [1.807, 2.05) is 39.0 Å². The van der Waals surface area contributed by atoms with Gasteiger partial charge in [0.15, 0.2) is 0 Å². The lowest BCUT2D eigenvalue weighted by atomic mass is 10.1. The molecule has 0 atom stereocenters. The van der Waals surface area contributed by atoms with Crippen molar-refractivity contribution in [2.75, 3.05) is 59.5 Å². The minimum atomic E-state index is -3.18. The van der Waals surface area contributed by atoms with Crippen LogP contribution in [0.15, 0.2) is 42.5 Å². The molecule has 0 saturated carbocycles. The number of hydrogen-bond acceptors (Lipinski definition) is 6. The minimum absolute atomic E-state index is 0.399. The van der Waals surface area contributed by atoms with E-state index in [2.05, 4.69) is 24.3 Å². The van der Waals surface area contributed by atoms with Crippen molar-refractivity contribution in [3.63, 3.8) is 0 Å². The fourth-order valence-corrected chi connectivity index (χ4v) is 5.32. The first-order valence-electron chi connectivity index (χ1n) is 10.4. The van der Waals surface area contributed by atoms with Gasteiger partial charge >= 0.3 is 8.80 Å². The summed E-state index contributed by atoms with van der Waals surface area (Å²) in [6.07, 6.45) is 0. The molecule has 0 aromatic heterocycles. The third kappa shape index (κ3) is 7.79. The molecule has 0 aliphatic heterocycles. The van der Waals surface area contributed by atoms with Gasteiger partial charge in [-0.2, -0.15) is 0 Å². The molecule has 2 rings (SSSR count). The summed E-state index contributed by atoms with van der Waals surface area (Å²) < 4.78 is 35.2. The molecule has 0 heterocycles. The Bertz CT molecular complexity index is 665. The third-order valence-electron chi connectivity index (χ3n) is 4.27. The minimum Gasteiger partial charge on any atom is -0.379 e. The third-order valence-corrected chi connectivity index (χ3v) is 7.05. The molecule has 0 fully saturated rings. The topological polar surface area (TPSA) is 55.4 Å². The monoisotopic (exact) mass is 422 g/mol. The maximum Gasteiger partial charge on any atom is 0.537 e. The second kappa shape index (κ2) is 13.8. The number of fused-ring (bicyclic) bond motifs is 1. The van der Waals surface area contributed by atoms with Crippen molar-refractivity contribution in [3.8, 4) is 0 Å². The molecule has 0 bridgehead atoms. The standard InChI is InChI=1S/C22H34O6Si/c1-4-23-13-16-26-29(27-17-14-24-5-2,28-18-15-25-6-3)22-12-11-20-9-7-8-10-21(20)19-22/h7-12,19H,4-6,13-18H2,1-3H3. The average molecular weight is 423 g/mol. The molecule has 162 valence electrons. The van der Waals surface area contributed by atoms with Crippen LogP contribution in [0.25, 0.3) is 10.8 Å². The van der Waals surface area contributed by atoms with E-state index in [4.69, 9.17) is 27.5 Å². The zero-order chi connectivity index (χ0) is 20.8. The summed E-state index contributed by atoms with van der Waals surface area (Å²) in [6, 6.07) is 14.4. The van der Waals surface area contributed by atoms with E-state index >= 15 is 0 Å². The van der Waals surface area contributed by atoms with Gasteiger partial charge in [-0.25, -0.2) is 0 Å². The highest BCUT2D eigenvalue weighted by Crippen LogP contribution is 2.17. The molecule has 0 N–H and O–H groups in total. The molecule has 0 aliphatic carbocycles. The van der Waals surface area contributed by atoms with Crippen LogP contribution in [0.3, 0.4) is 0 Å². The highest BCUT2D eigenvalue weighted by atomic mass is 28.4. The molecule has 0 aliphatic rings. The van der Waals surface area contributed by atoms with Crippen LogP contribution in [-0.2, 0) is 27.5 Å². The maximum absolute atomic E-state index is 6.29. The van der Waals surface area contributed by atoms with Gasteiger partial charge in [0.25, 0.3) is 0 Å². The number of rotatable bonds is 16. The Labute approximate surface area is 175 Å². The summed E-state index contributed by atoms with van der Waals surface area (Å²) in [7, 11) is -3.18.